The highest BCUT2D eigenvalue weighted by atomic mass is 19.1. The number of likely N-dealkylation sites (tertiary alicyclic amines) is 1. The van der Waals surface area contributed by atoms with Crippen molar-refractivity contribution < 1.29 is 14.3 Å². The second-order valence-electron chi connectivity index (χ2n) is 7.81. The van der Waals surface area contributed by atoms with E-state index in [1.54, 1.807) is 6.07 Å². The number of hydrogen-bond donors (Lipinski definition) is 1. The fourth-order valence-electron chi connectivity index (χ4n) is 3.55. The Balaban J connectivity index is 1.93. The number of likely N-dealkylation sites (N-methyl/N-ethyl adjacent to an activating group) is 2. The van der Waals surface area contributed by atoms with Gasteiger partial charge in [0.15, 0.2) is 0 Å². The van der Waals surface area contributed by atoms with E-state index in [0.717, 1.165) is 30.8 Å². The van der Waals surface area contributed by atoms with Crippen LogP contribution < -0.4 is 0 Å². The van der Waals surface area contributed by atoms with E-state index in [-0.39, 0.29) is 36.6 Å². The topological polar surface area (TPSA) is 47.0 Å². The van der Waals surface area contributed by atoms with Gasteiger partial charge in [0.1, 0.15) is 5.82 Å². The molecular weight excluding hydrogens is 333 g/mol. The summed E-state index contributed by atoms with van der Waals surface area (Å²) in [6.07, 6.45) is 0.285. The third-order valence-corrected chi connectivity index (χ3v) is 5.29. The van der Waals surface area contributed by atoms with Crippen LogP contribution >= 0.6 is 0 Å². The van der Waals surface area contributed by atoms with Crippen LogP contribution in [0.3, 0.4) is 0 Å². The van der Waals surface area contributed by atoms with Crippen molar-refractivity contribution in [3.05, 3.63) is 35.1 Å². The van der Waals surface area contributed by atoms with Gasteiger partial charge in [0.05, 0.1) is 6.42 Å². The predicted octanol–water partition coefficient (Wildman–Crippen LogP) is 1.24. The minimum atomic E-state index is -0.277. The lowest BCUT2D eigenvalue weighted by Gasteiger charge is -2.25. The van der Waals surface area contributed by atoms with E-state index in [2.05, 4.69) is 30.9 Å². The third kappa shape index (κ3) is 5.76. The van der Waals surface area contributed by atoms with Gasteiger partial charge in [-0.3, -0.25) is 4.79 Å². The number of rotatable bonds is 8. The molecule has 1 N–H and O–H groups in total. The van der Waals surface area contributed by atoms with Crippen molar-refractivity contribution in [2.75, 3.05) is 60.5 Å². The number of halogens is 1. The van der Waals surface area contributed by atoms with E-state index in [0.29, 0.717) is 13.1 Å². The maximum absolute atomic E-state index is 13.2. The fraction of sp³-hybridized carbons (Fsp3) is 0.650. The summed E-state index contributed by atoms with van der Waals surface area (Å²) in [6, 6.07) is 4.55. The van der Waals surface area contributed by atoms with Crippen LogP contribution in [-0.4, -0.2) is 86.2 Å². The number of amides is 1. The number of carbonyl (C=O) groups is 1. The number of aryl methyl sites for hydroxylation is 1. The van der Waals surface area contributed by atoms with E-state index in [9.17, 15) is 14.3 Å². The summed E-state index contributed by atoms with van der Waals surface area (Å²) in [5.41, 5.74) is 1.67. The Kier molecular flexibility index (Phi) is 7.55. The summed E-state index contributed by atoms with van der Waals surface area (Å²) in [5, 5.41) is 9.73. The Labute approximate surface area is 156 Å². The Morgan fingerprint density at radius 1 is 1.23 bits per heavy atom. The second-order valence-corrected chi connectivity index (χ2v) is 7.81. The lowest BCUT2D eigenvalue weighted by molar-refractivity contribution is -0.129. The van der Waals surface area contributed by atoms with Gasteiger partial charge in [0, 0.05) is 45.2 Å². The lowest BCUT2D eigenvalue weighted by Crippen LogP contribution is -2.36. The van der Waals surface area contributed by atoms with E-state index in [4.69, 9.17) is 0 Å². The van der Waals surface area contributed by atoms with Crippen molar-refractivity contribution in [3.63, 3.8) is 0 Å². The van der Waals surface area contributed by atoms with Crippen LogP contribution in [-0.2, 0) is 11.2 Å². The van der Waals surface area contributed by atoms with Gasteiger partial charge in [-0.05, 0) is 57.2 Å². The SMILES string of the molecule is Cc1cc(F)ccc1CC(=O)N1C[C@@H](CN(C)CCN(C)C)[C@@H](CO)C1. The van der Waals surface area contributed by atoms with Gasteiger partial charge >= 0.3 is 0 Å². The van der Waals surface area contributed by atoms with Gasteiger partial charge in [-0.1, -0.05) is 6.07 Å². The summed E-state index contributed by atoms with van der Waals surface area (Å²) < 4.78 is 13.2. The molecule has 1 amide bonds. The van der Waals surface area contributed by atoms with Crippen LogP contribution in [0.1, 0.15) is 11.1 Å². The van der Waals surface area contributed by atoms with Crippen molar-refractivity contribution in [2.45, 2.75) is 13.3 Å². The minimum absolute atomic E-state index is 0.0524. The molecule has 146 valence electrons. The van der Waals surface area contributed by atoms with Gasteiger partial charge in [0.2, 0.25) is 5.91 Å². The average Bonchev–Trinajstić information content (AvgIpc) is 2.98. The number of nitrogens with zero attached hydrogens (tertiary/aromatic N) is 3. The van der Waals surface area contributed by atoms with E-state index < -0.39 is 0 Å². The highest BCUT2D eigenvalue weighted by Gasteiger charge is 2.35. The first-order chi connectivity index (χ1) is 12.3. The fourth-order valence-corrected chi connectivity index (χ4v) is 3.55. The molecule has 1 aromatic carbocycles. The molecular formula is C20H32FN3O2. The summed E-state index contributed by atoms with van der Waals surface area (Å²) in [6.45, 7) is 6.03. The summed E-state index contributed by atoms with van der Waals surface area (Å²) in [4.78, 5) is 19.0. The molecule has 0 spiro atoms. The molecule has 1 heterocycles. The van der Waals surface area contributed by atoms with Gasteiger partial charge < -0.3 is 19.8 Å². The van der Waals surface area contributed by atoms with E-state index in [1.807, 2.05) is 11.8 Å². The van der Waals surface area contributed by atoms with Crippen LogP contribution in [0.15, 0.2) is 18.2 Å². The molecule has 0 bridgehead atoms. The van der Waals surface area contributed by atoms with Crippen molar-refractivity contribution >= 4 is 5.91 Å². The van der Waals surface area contributed by atoms with Crippen LogP contribution in [0.25, 0.3) is 0 Å². The molecule has 0 aromatic heterocycles. The first kappa shape index (κ1) is 20.8. The van der Waals surface area contributed by atoms with Crippen molar-refractivity contribution in [1.82, 2.24) is 14.7 Å². The molecule has 26 heavy (non-hydrogen) atoms. The van der Waals surface area contributed by atoms with Crippen molar-refractivity contribution in [3.8, 4) is 0 Å². The first-order valence-electron chi connectivity index (χ1n) is 9.27. The molecule has 1 aromatic rings. The first-order valence-corrected chi connectivity index (χ1v) is 9.27. The number of aliphatic hydroxyl groups excluding tert-OH is 1. The third-order valence-electron chi connectivity index (χ3n) is 5.29. The zero-order valence-corrected chi connectivity index (χ0v) is 16.4. The molecule has 0 radical (unpaired) electrons. The number of benzene rings is 1. The van der Waals surface area contributed by atoms with Crippen LogP contribution in [0.4, 0.5) is 4.39 Å². The molecule has 1 fully saturated rings. The molecule has 0 aliphatic carbocycles. The standard InChI is InChI=1S/C20H32FN3O2/c1-15-9-19(21)6-5-16(15)10-20(26)24-12-17(18(13-24)14-25)11-23(4)8-7-22(2)3/h5-6,9,17-18,25H,7-8,10-14H2,1-4H3/t17-,18-/m1/s1. The molecule has 2 atom stereocenters. The highest BCUT2D eigenvalue weighted by Crippen LogP contribution is 2.25. The molecule has 6 heteroatoms. The Hall–Kier alpha value is -1.50. The van der Waals surface area contributed by atoms with Crippen molar-refractivity contribution in [1.29, 1.82) is 0 Å². The number of carbonyl (C=O) groups excluding carboxylic acids is 1. The molecule has 1 saturated heterocycles. The molecule has 0 unspecified atom stereocenters. The molecule has 2 rings (SSSR count). The summed E-state index contributed by atoms with van der Waals surface area (Å²) in [5.74, 6) is 0.179. The largest absolute Gasteiger partial charge is 0.396 e. The lowest BCUT2D eigenvalue weighted by atomic mass is 9.96. The summed E-state index contributed by atoms with van der Waals surface area (Å²) in [7, 11) is 6.19. The normalized spacial score (nSPS) is 20.4. The smallest absolute Gasteiger partial charge is 0.227 e. The number of aliphatic hydroxyl groups is 1. The maximum Gasteiger partial charge on any atom is 0.227 e. The second kappa shape index (κ2) is 9.44. The van der Waals surface area contributed by atoms with Gasteiger partial charge in [-0.15, -0.1) is 0 Å². The van der Waals surface area contributed by atoms with Gasteiger partial charge in [-0.25, -0.2) is 4.39 Å². The zero-order chi connectivity index (χ0) is 19.3. The monoisotopic (exact) mass is 365 g/mol. The Morgan fingerprint density at radius 2 is 1.92 bits per heavy atom. The predicted molar refractivity (Wildman–Crippen MR) is 102 cm³/mol. The number of hydrogen-bond acceptors (Lipinski definition) is 4. The van der Waals surface area contributed by atoms with E-state index >= 15 is 0 Å². The molecule has 1 aliphatic heterocycles. The molecule has 1 aliphatic rings. The molecule has 0 saturated carbocycles. The molecule has 5 nitrogen and oxygen atoms in total. The minimum Gasteiger partial charge on any atom is -0.396 e. The van der Waals surface area contributed by atoms with Crippen LogP contribution in [0.5, 0.6) is 0 Å². The quantitative estimate of drug-likeness (QED) is 0.753. The van der Waals surface area contributed by atoms with Crippen LogP contribution in [0, 0.1) is 24.6 Å². The zero-order valence-electron chi connectivity index (χ0n) is 16.4. The maximum atomic E-state index is 13.2. The Bertz CT molecular complexity index is 609. The van der Waals surface area contributed by atoms with E-state index in [1.165, 1.54) is 12.1 Å². The van der Waals surface area contributed by atoms with Crippen LogP contribution in [0.2, 0.25) is 0 Å². The van der Waals surface area contributed by atoms with Gasteiger partial charge in [-0.2, -0.15) is 0 Å². The summed E-state index contributed by atoms with van der Waals surface area (Å²) >= 11 is 0. The van der Waals surface area contributed by atoms with Crippen molar-refractivity contribution in [2.24, 2.45) is 11.8 Å². The van der Waals surface area contributed by atoms with Gasteiger partial charge in [0.25, 0.3) is 0 Å². The Morgan fingerprint density at radius 3 is 2.54 bits per heavy atom. The average molecular weight is 365 g/mol. The highest BCUT2D eigenvalue weighted by molar-refractivity contribution is 5.79.